The summed E-state index contributed by atoms with van der Waals surface area (Å²) in [6.45, 7) is -1.28. The van der Waals surface area contributed by atoms with Crippen LogP contribution in [0.1, 0.15) is 44.9 Å². The number of carbonyl (C=O) groups is 2. The van der Waals surface area contributed by atoms with Gasteiger partial charge in [-0.3, -0.25) is 4.79 Å². The molecule has 0 N–H and O–H groups in total. The topological polar surface area (TPSA) is 119 Å². The molecule has 4 aliphatic carbocycles. The van der Waals surface area contributed by atoms with E-state index in [4.69, 9.17) is 9.47 Å². The van der Waals surface area contributed by atoms with E-state index in [0.29, 0.717) is 11.8 Å². The van der Waals surface area contributed by atoms with E-state index in [9.17, 15) is 40.1 Å². The van der Waals surface area contributed by atoms with Crippen molar-refractivity contribution in [3.05, 3.63) is 0 Å². The first-order valence-electron chi connectivity index (χ1n) is 10.0. The van der Waals surface area contributed by atoms with Gasteiger partial charge in [0, 0.05) is 11.8 Å². The Balaban J connectivity index is 1.31. The Bertz CT molecular complexity index is 846. The Morgan fingerprint density at radius 2 is 1.65 bits per heavy atom. The molecule has 1 unspecified atom stereocenters. The van der Waals surface area contributed by atoms with Crippen molar-refractivity contribution < 1.29 is 54.3 Å². The smallest absolute Gasteiger partial charge is 0.396 e. The molecule has 1 saturated heterocycles. The van der Waals surface area contributed by atoms with E-state index >= 15 is 0 Å². The minimum absolute atomic E-state index is 0.0312. The van der Waals surface area contributed by atoms with Crippen molar-refractivity contribution in [1.29, 1.82) is 0 Å². The normalized spacial score (nSPS) is 37.3. The molecular formula is C18H21F4O8S-. The summed E-state index contributed by atoms with van der Waals surface area (Å²) in [5.74, 6) is -7.07. The van der Waals surface area contributed by atoms with Gasteiger partial charge in [0.25, 0.3) is 0 Å². The van der Waals surface area contributed by atoms with Crippen LogP contribution in [0.15, 0.2) is 0 Å². The number of hydrogen-bond donors (Lipinski definition) is 0. The second-order valence-corrected chi connectivity index (χ2v) is 10.3. The second kappa shape index (κ2) is 7.27. The first kappa shape index (κ1) is 22.7. The van der Waals surface area contributed by atoms with Gasteiger partial charge in [-0.15, -0.1) is 0 Å². The lowest BCUT2D eigenvalue weighted by Crippen LogP contribution is -2.58. The molecule has 0 aromatic rings. The summed E-state index contributed by atoms with van der Waals surface area (Å²) < 4.78 is 100.0. The molecule has 4 saturated carbocycles. The van der Waals surface area contributed by atoms with Gasteiger partial charge >= 0.3 is 23.1 Å². The van der Waals surface area contributed by atoms with Crippen LogP contribution in [0, 0.1) is 23.7 Å². The van der Waals surface area contributed by atoms with Crippen LogP contribution in [0.3, 0.4) is 0 Å². The fourth-order valence-electron chi connectivity index (χ4n) is 5.67. The number of ether oxygens (including phenoxy) is 3. The summed E-state index contributed by atoms with van der Waals surface area (Å²) in [5, 5.41) is -5.85. The third kappa shape index (κ3) is 3.71. The van der Waals surface area contributed by atoms with Crippen LogP contribution < -0.4 is 0 Å². The first-order valence-corrected chi connectivity index (χ1v) is 11.4. The van der Waals surface area contributed by atoms with E-state index in [1.54, 1.807) is 0 Å². The summed E-state index contributed by atoms with van der Waals surface area (Å²) in [7, 11) is -6.62. The molecule has 13 heteroatoms. The molecule has 1 heterocycles. The highest BCUT2D eigenvalue weighted by molar-refractivity contribution is 7.86. The Morgan fingerprint density at radius 1 is 1.10 bits per heavy atom. The largest absolute Gasteiger partial charge is 0.743 e. The van der Waals surface area contributed by atoms with Crippen molar-refractivity contribution in [3.63, 3.8) is 0 Å². The number of halogens is 4. The van der Waals surface area contributed by atoms with Crippen LogP contribution in [0.5, 0.6) is 0 Å². The Morgan fingerprint density at radius 3 is 2.16 bits per heavy atom. The molecule has 0 amide bonds. The summed E-state index contributed by atoms with van der Waals surface area (Å²) in [5.41, 5.74) is 0. The summed E-state index contributed by atoms with van der Waals surface area (Å²) in [4.78, 5) is 24.2. The van der Waals surface area contributed by atoms with Crippen molar-refractivity contribution in [2.24, 2.45) is 23.7 Å². The maximum atomic E-state index is 13.4. The third-order valence-electron chi connectivity index (χ3n) is 6.90. The summed E-state index contributed by atoms with van der Waals surface area (Å²) in [6.07, 6.45) is 0.771. The van der Waals surface area contributed by atoms with Gasteiger partial charge in [0.1, 0.15) is 0 Å². The SMILES string of the molecule is O=C(CC1OC2(OC1=O)C1CC3CC(C1)CC2C3)OCCC(F)(F)C(F)(F)S(=O)(=O)[O-]. The van der Waals surface area contributed by atoms with Crippen molar-refractivity contribution in [2.75, 3.05) is 6.61 Å². The van der Waals surface area contributed by atoms with Gasteiger partial charge in [-0.05, 0) is 43.9 Å². The van der Waals surface area contributed by atoms with E-state index in [1.165, 1.54) is 0 Å². The number of esters is 2. The van der Waals surface area contributed by atoms with Crippen molar-refractivity contribution in [2.45, 2.75) is 68.0 Å². The van der Waals surface area contributed by atoms with Gasteiger partial charge in [0.2, 0.25) is 5.79 Å². The quantitative estimate of drug-likeness (QED) is 0.314. The molecule has 0 radical (unpaired) electrons. The third-order valence-corrected chi connectivity index (χ3v) is 7.82. The van der Waals surface area contributed by atoms with E-state index in [1.807, 2.05) is 0 Å². The molecule has 5 fully saturated rings. The fraction of sp³-hybridized carbons (Fsp3) is 0.889. The van der Waals surface area contributed by atoms with Crippen LogP contribution in [0.2, 0.25) is 0 Å². The molecule has 176 valence electrons. The first-order chi connectivity index (χ1) is 14.2. The zero-order valence-electron chi connectivity index (χ0n) is 16.2. The number of rotatable bonds is 7. The van der Waals surface area contributed by atoms with Gasteiger partial charge < -0.3 is 18.8 Å². The average Bonchev–Trinajstić information content (AvgIpc) is 2.95. The van der Waals surface area contributed by atoms with Crippen molar-refractivity contribution in [3.8, 4) is 0 Å². The second-order valence-electron chi connectivity index (χ2n) is 8.90. The Kier molecular flexibility index (Phi) is 5.33. The predicted molar refractivity (Wildman–Crippen MR) is 90.5 cm³/mol. The maximum Gasteiger partial charge on any atom is 0.396 e. The highest BCUT2D eigenvalue weighted by atomic mass is 32.2. The molecule has 1 atom stereocenters. The molecule has 31 heavy (non-hydrogen) atoms. The molecule has 5 rings (SSSR count). The van der Waals surface area contributed by atoms with Gasteiger partial charge in [-0.25, -0.2) is 13.2 Å². The predicted octanol–water partition coefficient (Wildman–Crippen LogP) is 2.18. The van der Waals surface area contributed by atoms with Crippen LogP contribution in [0.4, 0.5) is 17.6 Å². The van der Waals surface area contributed by atoms with E-state index in [-0.39, 0.29) is 11.8 Å². The van der Waals surface area contributed by atoms with E-state index in [0.717, 1.165) is 32.1 Å². The van der Waals surface area contributed by atoms with Crippen molar-refractivity contribution in [1.82, 2.24) is 0 Å². The fourth-order valence-corrected chi connectivity index (χ4v) is 6.14. The monoisotopic (exact) mass is 473 g/mol. The molecule has 8 nitrogen and oxygen atoms in total. The molecule has 0 aromatic heterocycles. The lowest BCUT2D eigenvalue weighted by molar-refractivity contribution is -0.290. The van der Waals surface area contributed by atoms with Gasteiger partial charge in [0.15, 0.2) is 16.2 Å². The maximum absolute atomic E-state index is 13.4. The minimum atomic E-state index is -6.62. The standard InChI is InChI=1S/C18H22F4O8S/c19-16(20,18(21,22)31(25,26)27)1-2-28-14(23)8-13-15(24)30-17(29-13)11-4-9-3-10(6-11)7-12(17)5-9/h9-13H,1-8H2,(H,25,26,27)/p-1. The number of alkyl halides is 4. The highest BCUT2D eigenvalue weighted by Gasteiger charge is 2.65. The minimum Gasteiger partial charge on any atom is -0.743 e. The van der Waals surface area contributed by atoms with Crippen LogP contribution in [-0.4, -0.2) is 54.6 Å². The Hall–Kier alpha value is -1.47. The highest BCUT2D eigenvalue weighted by Crippen LogP contribution is 2.61. The van der Waals surface area contributed by atoms with E-state index < -0.39 is 64.6 Å². The molecule has 1 spiro atoms. The van der Waals surface area contributed by atoms with E-state index in [2.05, 4.69) is 4.74 Å². The zero-order valence-corrected chi connectivity index (χ0v) is 17.0. The molecule has 1 aliphatic heterocycles. The molecule has 4 bridgehead atoms. The van der Waals surface area contributed by atoms with Gasteiger partial charge in [-0.2, -0.15) is 17.6 Å². The number of carbonyl (C=O) groups excluding carboxylic acids is 2. The molecule has 0 aromatic carbocycles. The average molecular weight is 473 g/mol. The molecule has 5 aliphatic rings. The lowest BCUT2D eigenvalue weighted by atomic mass is 9.53. The van der Waals surface area contributed by atoms with Gasteiger partial charge in [0.05, 0.1) is 19.4 Å². The van der Waals surface area contributed by atoms with Gasteiger partial charge in [-0.1, -0.05) is 0 Å². The zero-order chi connectivity index (χ0) is 22.8. The number of hydrogen-bond acceptors (Lipinski definition) is 8. The van der Waals surface area contributed by atoms with Crippen LogP contribution in [-0.2, 0) is 33.9 Å². The Labute approximate surface area is 175 Å². The van der Waals surface area contributed by atoms with Crippen LogP contribution in [0.25, 0.3) is 0 Å². The lowest BCUT2D eigenvalue weighted by Gasteiger charge is -2.57. The van der Waals surface area contributed by atoms with Crippen molar-refractivity contribution >= 4 is 22.1 Å². The summed E-state index contributed by atoms with van der Waals surface area (Å²) in [6, 6.07) is 0. The molecular weight excluding hydrogens is 452 g/mol. The summed E-state index contributed by atoms with van der Waals surface area (Å²) >= 11 is 0. The van der Waals surface area contributed by atoms with Crippen LogP contribution >= 0.6 is 0 Å².